The second-order valence-corrected chi connectivity index (χ2v) is 8.18. The van der Waals surface area contributed by atoms with Crippen LogP contribution in [0.1, 0.15) is 44.9 Å². The Hall–Kier alpha value is -2.20. The highest BCUT2D eigenvalue weighted by molar-refractivity contribution is 6.32. The van der Waals surface area contributed by atoms with Crippen molar-refractivity contribution in [3.8, 4) is 16.9 Å². The number of nitrogens with one attached hydrogen (secondary N) is 1. The van der Waals surface area contributed by atoms with Crippen molar-refractivity contribution in [2.24, 2.45) is 5.41 Å². The molecular formula is C21H24ClNO3. The number of hydrogen-bond acceptors (Lipinski definition) is 2. The molecule has 5 heteroatoms. The van der Waals surface area contributed by atoms with E-state index in [0.717, 1.165) is 23.1 Å². The summed E-state index contributed by atoms with van der Waals surface area (Å²) in [5.41, 5.74) is 4.14. The van der Waals surface area contributed by atoms with Crippen molar-refractivity contribution in [1.82, 2.24) is 5.32 Å². The van der Waals surface area contributed by atoms with Gasteiger partial charge < -0.3 is 15.2 Å². The number of carbonyl (C=O) groups is 1. The minimum atomic E-state index is -0.993. The molecule has 2 aromatic rings. The molecule has 0 bridgehead atoms. The summed E-state index contributed by atoms with van der Waals surface area (Å²) in [6, 6.07) is 11.8. The van der Waals surface area contributed by atoms with E-state index in [1.807, 2.05) is 44.2 Å². The molecule has 26 heavy (non-hydrogen) atoms. The Bertz CT molecular complexity index is 845. The van der Waals surface area contributed by atoms with Crippen molar-refractivity contribution in [3.63, 3.8) is 0 Å². The third-order valence-corrected chi connectivity index (χ3v) is 5.07. The van der Waals surface area contributed by atoms with Crippen LogP contribution in [0, 0.1) is 5.41 Å². The van der Waals surface area contributed by atoms with Gasteiger partial charge in [0.2, 0.25) is 0 Å². The van der Waals surface area contributed by atoms with E-state index in [1.54, 1.807) is 0 Å². The molecule has 138 valence electrons. The molecule has 0 aliphatic heterocycles. The summed E-state index contributed by atoms with van der Waals surface area (Å²) < 4.78 is 5.69. The van der Waals surface area contributed by atoms with E-state index < -0.39 is 6.09 Å². The maximum absolute atomic E-state index is 11.1. The molecule has 2 N–H and O–H groups in total. The van der Waals surface area contributed by atoms with Gasteiger partial charge in [0, 0.05) is 0 Å². The van der Waals surface area contributed by atoms with Crippen LogP contribution in [0.4, 0.5) is 4.79 Å². The number of halogens is 1. The second-order valence-electron chi connectivity index (χ2n) is 7.77. The average Bonchev–Trinajstić information content (AvgIpc) is 2.78. The van der Waals surface area contributed by atoms with Gasteiger partial charge in [-0.25, -0.2) is 4.79 Å². The molecular weight excluding hydrogens is 350 g/mol. The molecule has 0 spiro atoms. The fourth-order valence-electron chi connectivity index (χ4n) is 3.66. The van der Waals surface area contributed by atoms with Crippen molar-refractivity contribution in [2.75, 3.05) is 0 Å². The minimum Gasteiger partial charge on any atom is -0.489 e. The summed E-state index contributed by atoms with van der Waals surface area (Å²) in [5.74, 6) is 0.679. The first-order valence-corrected chi connectivity index (χ1v) is 9.14. The first kappa shape index (κ1) is 18.6. The number of amides is 1. The van der Waals surface area contributed by atoms with Gasteiger partial charge in [-0.3, -0.25) is 0 Å². The van der Waals surface area contributed by atoms with E-state index >= 15 is 0 Å². The van der Waals surface area contributed by atoms with Gasteiger partial charge in [0.15, 0.2) is 0 Å². The summed E-state index contributed by atoms with van der Waals surface area (Å²) in [7, 11) is 0. The Labute approximate surface area is 159 Å². The molecule has 4 nitrogen and oxygen atoms in total. The standard InChI is InChI=1S/C21H24ClNO3/c1-12(2)26-18-8-6-14(10-17(18)22)13-5-7-16-15(9-13)11-21(3,4)19(16)23-20(24)25/h5-10,12,19,23H,11H2,1-4H3,(H,24,25)/t19-/m0/s1. The molecule has 1 atom stereocenters. The van der Waals surface area contributed by atoms with Gasteiger partial charge in [-0.2, -0.15) is 0 Å². The lowest BCUT2D eigenvalue weighted by Crippen LogP contribution is -2.34. The maximum Gasteiger partial charge on any atom is 0.405 e. The Morgan fingerprint density at radius 3 is 2.50 bits per heavy atom. The number of rotatable bonds is 4. The lowest BCUT2D eigenvalue weighted by molar-refractivity contribution is 0.175. The highest BCUT2D eigenvalue weighted by atomic mass is 35.5. The lowest BCUT2D eigenvalue weighted by atomic mass is 9.85. The molecule has 0 saturated carbocycles. The fourth-order valence-corrected chi connectivity index (χ4v) is 3.89. The monoisotopic (exact) mass is 373 g/mol. The van der Waals surface area contributed by atoms with Gasteiger partial charge >= 0.3 is 6.09 Å². The van der Waals surface area contributed by atoms with Crippen molar-refractivity contribution in [2.45, 2.75) is 46.3 Å². The fraction of sp³-hybridized carbons (Fsp3) is 0.381. The summed E-state index contributed by atoms with van der Waals surface area (Å²) in [5, 5.41) is 12.4. The van der Waals surface area contributed by atoms with E-state index in [4.69, 9.17) is 21.4 Å². The molecule has 0 saturated heterocycles. The average molecular weight is 374 g/mol. The molecule has 0 heterocycles. The smallest absolute Gasteiger partial charge is 0.405 e. The maximum atomic E-state index is 11.1. The summed E-state index contributed by atoms with van der Waals surface area (Å²) in [6.07, 6.45) is -0.101. The lowest BCUT2D eigenvalue weighted by Gasteiger charge is -2.27. The van der Waals surface area contributed by atoms with Crippen LogP contribution in [-0.2, 0) is 6.42 Å². The summed E-state index contributed by atoms with van der Waals surface area (Å²) >= 11 is 6.37. The number of hydrogen-bond donors (Lipinski definition) is 2. The van der Waals surface area contributed by atoms with E-state index in [0.29, 0.717) is 10.8 Å². The SMILES string of the molecule is CC(C)Oc1ccc(-c2ccc3c(c2)CC(C)(C)[C@H]3NC(=O)O)cc1Cl. The first-order chi connectivity index (χ1) is 12.2. The molecule has 2 aromatic carbocycles. The third kappa shape index (κ3) is 3.65. The zero-order valence-corrected chi connectivity index (χ0v) is 16.2. The third-order valence-electron chi connectivity index (χ3n) is 4.78. The van der Waals surface area contributed by atoms with E-state index in [9.17, 15) is 4.79 Å². The highest BCUT2D eigenvalue weighted by Crippen LogP contribution is 2.46. The predicted molar refractivity (Wildman–Crippen MR) is 104 cm³/mol. The number of fused-ring (bicyclic) bond motifs is 1. The van der Waals surface area contributed by atoms with E-state index in [2.05, 4.69) is 25.2 Å². The van der Waals surface area contributed by atoms with Crippen LogP contribution in [0.5, 0.6) is 5.75 Å². The Morgan fingerprint density at radius 2 is 1.88 bits per heavy atom. The minimum absolute atomic E-state index is 0.0687. The topological polar surface area (TPSA) is 58.6 Å². The normalized spacial score (nSPS) is 17.8. The van der Waals surface area contributed by atoms with Crippen molar-refractivity contribution < 1.29 is 14.6 Å². The van der Waals surface area contributed by atoms with Crippen LogP contribution in [-0.4, -0.2) is 17.3 Å². The molecule has 0 fully saturated rings. The van der Waals surface area contributed by atoms with Crippen LogP contribution in [0.3, 0.4) is 0 Å². The zero-order valence-electron chi connectivity index (χ0n) is 15.5. The molecule has 1 amide bonds. The number of benzene rings is 2. The van der Waals surface area contributed by atoms with Gasteiger partial charge in [-0.05, 0) is 60.1 Å². The summed E-state index contributed by atoms with van der Waals surface area (Å²) in [6.45, 7) is 8.10. The quantitative estimate of drug-likeness (QED) is 0.724. The van der Waals surface area contributed by atoms with Crippen LogP contribution in [0.15, 0.2) is 36.4 Å². The summed E-state index contributed by atoms with van der Waals surface area (Å²) in [4.78, 5) is 11.1. The molecule has 1 aliphatic carbocycles. The van der Waals surface area contributed by atoms with E-state index in [-0.39, 0.29) is 17.6 Å². The molecule has 3 rings (SSSR count). The molecule has 0 aromatic heterocycles. The molecule has 1 aliphatic rings. The number of carboxylic acid groups (broad SMARTS) is 1. The van der Waals surface area contributed by atoms with Crippen LogP contribution in [0.2, 0.25) is 5.02 Å². The van der Waals surface area contributed by atoms with Gasteiger partial charge in [0.05, 0.1) is 17.2 Å². The zero-order chi connectivity index (χ0) is 19.1. The van der Waals surface area contributed by atoms with Crippen molar-refractivity contribution >= 4 is 17.7 Å². The van der Waals surface area contributed by atoms with E-state index in [1.165, 1.54) is 5.56 Å². The Balaban J connectivity index is 1.93. The number of ether oxygens (including phenoxy) is 1. The van der Waals surface area contributed by atoms with Gasteiger partial charge in [-0.1, -0.05) is 49.7 Å². The van der Waals surface area contributed by atoms with Crippen LogP contribution in [0.25, 0.3) is 11.1 Å². The van der Waals surface area contributed by atoms with Crippen molar-refractivity contribution in [1.29, 1.82) is 0 Å². The molecule has 0 unspecified atom stereocenters. The largest absolute Gasteiger partial charge is 0.489 e. The Kier molecular flexibility index (Phi) is 4.89. The Morgan fingerprint density at radius 1 is 1.23 bits per heavy atom. The highest BCUT2D eigenvalue weighted by Gasteiger charge is 2.39. The van der Waals surface area contributed by atoms with Crippen molar-refractivity contribution in [3.05, 3.63) is 52.5 Å². The van der Waals surface area contributed by atoms with Crippen LogP contribution < -0.4 is 10.1 Å². The van der Waals surface area contributed by atoms with Gasteiger partial charge in [0.1, 0.15) is 5.75 Å². The molecule has 0 radical (unpaired) electrons. The van der Waals surface area contributed by atoms with Gasteiger partial charge in [0.25, 0.3) is 0 Å². The second kappa shape index (κ2) is 6.84. The van der Waals surface area contributed by atoms with Gasteiger partial charge in [-0.15, -0.1) is 0 Å². The first-order valence-electron chi connectivity index (χ1n) is 8.76. The van der Waals surface area contributed by atoms with Crippen LogP contribution >= 0.6 is 11.6 Å². The predicted octanol–water partition coefficient (Wildman–Crippen LogP) is 5.69.